The second-order valence-corrected chi connectivity index (χ2v) is 5.75. The molecule has 2 amide bonds. The summed E-state index contributed by atoms with van der Waals surface area (Å²) in [5.41, 5.74) is 5.52. The zero-order valence-electron chi connectivity index (χ0n) is 14.7. The molecule has 6 nitrogen and oxygen atoms in total. The Bertz CT molecular complexity index is 952. The van der Waals surface area contributed by atoms with Crippen LogP contribution in [0.15, 0.2) is 84.1 Å². The van der Waals surface area contributed by atoms with Gasteiger partial charge in [0, 0.05) is 17.4 Å². The molecule has 0 aliphatic rings. The lowest BCUT2D eigenvalue weighted by atomic mass is 10.1. The Morgan fingerprint density at radius 2 is 1.52 bits per heavy atom. The van der Waals surface area contributed by atoms with Gasteiger partial charge in [-0.05, 0) is 48.9 Å². The average molecular weight is 358 g/mol. The molecule has 2 N–H and O–H groups in total. The summed E-state index contributed by atoms with van der Waals surface area (Å²) >= 11 is 0. The van der Waals surface area contributed by atoms with Crippen molar-refractivity contribution in [1.29, 1.82) is 0 Å². The number of hydrazone groups is 1. The van der Waals surface area contributed by atoms with Crippen LogP contribution in [-0.4, -0.2) is 22.5 Å². The van der Waals surface area contributed by atoms with Gasteiger partial charge < -0.3 is 5.32 Å². The summed E-state index contributed by atoms with van der Waals surface area (Å²) in [5.74, 6) is -0.543. The first-order valence-electron chi connectivity index (χ1n) is 8.36. The number of rotatable bonds is 5. The molecule has 0 atom stereocenters. The van der Waals surface area contributed by atoms with Crippen molar-refractivity contribution in [2.75, 3.05) is 5.32 Å². The van der Waals surface area contributed by atoms with E-state index in [-0.39, 0.29) is 11.8 Å². The van der Waals surface area contributed by atoms with Crippen LogP contribution in [0, 0.1) is 0 Å². The van der Waals surface area contributed by atoms with Crippen LogP contribution in [0.2, 0.25) is 0 Å². The molecule has 1 heterocycles. The number of hydrogen-bond acceptors (Lipinski definition) is 4. The SMILES string of the molecule is CC(=NNC(=O)c1ccccn1)c1ccc(NC(=O)c2ccccc2)cc1. The maximum atomic E-state index is 12.2. The molecule has 0 aliphatic heterocycles. The molecule has 2 aromatic carbocycles. The van der Waals surface area contributed by atoms with Gasteiger partial charge in [0.2, 0.25) is 0 Å². The zero-order chi connectivity index (χ0) is 19.1. The van der Waals surface area contributed by atoms with Crippen LogP contribution in [0.25, 0.3) is 0 Å². The van der Waals surface area contributed by atoms with Gasteiger partial charge in [0.1, 0.15) is 5.69 Å². The van der Waals surface area contributed by atoms with E-state index in [1.807, 2.05) is 30.3 Å². The maximum Gasteiger partial charge on any atom is 0.289 e. The number of aromatic nitrogens is 1. The molecule has 0 spiro atoms. The lowest BCUT2D eigenvalue weighted by Crippen LogP contribution is -2.20. The molecule has 0 unspecified atom stereocenters. The minimum Gasteiger partial charge on any atom is -0.322 e. The van der Waals surface area contributed by atoms with Gasteiger partial charge in [-0.2, -0.15) is 5.10 Å². The first-order valence-corrected chi connectivity index (χ1v) is 8.36. The Labute approximate surface area is 157 Å². The number of benzene rings is 2. The normalized spacial score (nSPS) is 10.9. The summed E-state index contributed by atoms with van der Waals surface area (Å²) in [6, 6.07) is 21.3. The van der Waals surface area contributed by atoms with Crippen molar-refractivity contribution in [2.45, 2.75) is 6.92 Å². The van der Waals surface area contributed by atoms with Crippen LogP contribution in [0.5, 0.6) is 0 Å². The molecule has 0 radical (unpaired) electrons. The van der Waals surface area contributed by atoms with E-state index in [0.717, 1.165) is 5.56 Å². The van der Waals surface area contributed by atoms with Gasteiger partial charge in [-0.1, -0.05) is 36.4 Å². The van der Waals surface area contributed by atoms with Crippen LogP contribution in [0.1, 0.15) is 33.3 Å². The third-order valence-electron chi connectivity index (χ3n) is 3.82. The van der Waals surface area contributed by atoms with Crippen molar-refractivity contribution in [3.8, 4) is 0 Å². The van der Waals surface area contributed by atoms with Crippen LogP contribution in [0.3, 0.4) is 0 Å². The van der Waals surface area contributed by atoms with Crippen molar-refractivity contribution < 1.29 is 9.59 Å². The van der Waals surface area contributed by atoms with E-state index in [1.165, 1.54) is 0 Å². The van der Waals surface area contributed by atoms with Crippen molar-refractivity contribution in [3.05, 3.63) is 95.8 Å². The highest BCUT2D eigenvalue weighted by molar-refractivity contribution is 6.05. The zero-order valence-corrected chi connectivity index (χ0v) is 14.7. The smallest absolute Gasteiger partial charge is 0.289 e. The summed E-state index contributed by atoms with van der Waals surface area (Å²) in [6.07, 6.45) is 1.55. The second kappa shape index (κ2) is 8.53. The summed E-state index contributed by atoms with van der Waals surface area (Å²) in [4.78, 5) is 28.1. The van der Waals surface area contributed by atoms with Gasteiger partial charge in [0.25, 0.3) is 11.8 Å². The number of nitrogens with zero attached hydrogens (tertiary/aromatic N) is 2. The molecule has 27 heavy (non-hydrogen) atoms. The average Bonchev–Trinajstić information content (AvgIpc) is 2.73. The van der Waals surface area contributed by atoms with Gasteiger partial charge in [-0.25, -0.2) is 5.43 Å². The highest BCUT2D eigenvalue weighted by atomic mass is 16.2. The van der Waals surface area contributed by atoms with Gasteiger partial charge >= 0.3 is 0 Å². The van der Waals surface area contributed by atoms with Crippen molar-refractivity contribution >= 4 is 23.2 Å². The third-order valence-corrected chi connectivity index (χ3v) is 3.82. The summed E-state index contributed by atoms with van der Waals surface area (Å²) in [7, 11) is 0. The molecule has 0 bridgehead atoms. The van der Waals surface area contributed by atoms with Gasteiger partial charge in [-0.3, -0.25) is 14.6 Å². The Kier molecular flexibility index (Phi) is 5.69. The Balaban J connectivity index is 1.62. The largest absolute Gasteiger partial charge is 0.322 e. The molecule has 3 rings (SSSR count). The van der Waals surface area contributed by atoms with E-state index in [1.54, 1.807) is 55.6 Å². The first-order chi connectivity index (χ1) is 13.1. The standard InChI is InChI=1S/C21H18N4O2/c1-15(24-25-21(27)19-9-5-6-14-22-19)16-10-12-18(13-11-16)23-20(26)17-7-3-2-4-8-17/h2-14H,1H3,(H,23,26)(H,25,27). The third kappa shape index (κ3) is 4.85. The number of pyridine rings is 1. The minimum atomic E-state index is -0.373. The topological polar surface area (TPSA) is 83.4 Å². The minimum absolute atomic E-state index is 0.170. The van der Waals surface area contributed by atoms with Gasteiger partial charge in [0.05, 0.1) is 5.71 Å². The van der Waals surface area contributed by atoms with Gasteiger partial charge in [-0.15, -0.1) is 0 Å². The first kappa shape index (κ1) is 18.0. The van der Waals surface area contributed by atoms with Crippen LogP contribution < -0.4 is 10.7 Å². The Hall–Kier alpha value is -3.80. The highest BCUT2D eigenvalue weighted by Crippen LogP contribution is 2.12. The van der Waals surface area contributed by atoms with E-state index >= 15 is 0 Å². The predicted molar refractivity (Wildman–Crippen MR) is 105 cm³/mol. The fourth-order valence-corrected chi connectivity index (χ4v) is 2.34. The van der Waals surface area contributed by atoms with E-state index in [2.05, 4.69) is 20.8 Å². The number of nitrogens with one attached hydrogen (secondary N) is 2. The van der Waals surface area contributed by atoms with E-state index < -0.39 is 0 Å². The van der Waals surface area contributed by atoms with Crippen LogP contribution in [0.4, 0.5) is 5.69 Å². The number of anilines is 1. The molecule has 0 fully saturated rings. The van der Waals surface area contributed by atoms with Crippen molar-refractivity contribution in [3.63, 3.8) is 0 Å². The second-order valence-electron chi connectivity index (χ2n) is 5.75. The predicted octanol–water partition coefficient (Wildman–Crippen LogP) is 3.49. The van der Waals surface area contributed by atoms with Crippen LogP contribution >= 0.6 is 0 Å². The molecule has 134 valence electrons. The fraction of sp³-hybridized carbons (Fsp3) is 0.0476. The molecule has 1 aromatic heterocycles. The Morgan fingerprint density at radius 3 is 2.19 bits per heavy atom. The van der Waals surface area contributed by atoms with Crippen molar-refractivity contribution in [1.82, 2.24) is 10.4 Å². The molecule has 6 heteroatoms. The Morgan fingerprint density at radius 1 is 0.815 bits per heavy atom. The number of carbonyl (C=O) groups is 2. The number of amides is 2. The molecule has 0 saturated carbocycles. The maximum absolute atomic E-state index is 12.2. The number of hydrogen-bond donors (Lipinski definition) is 2. The molecule has 0 aliphatic carbocycles. The monoisotopic (exact) mass is 358 g/mol. The molecule has 3 aromatic rings. The lowest BCUT2D eigenvalue weighted by Gasteiger charge is -2.07. The summed E-state index contributed by atoms with van der Waals surface area (Å²) < 4.78 is 0. The molecular formula is C21H18N4O2. The van der Waals surface area contributed by atoms with E-state index in [4.69, 9.17) is 0 Å². The van der Waals surface area contributed by atoms with Crippen molar-refractivity contribution in [2.24, 2.45) is 5.10 Å². The molecule has 0 saturated heterocycles. The number of carbonyl (C=O) groups excluding carboxylic acids is 2. The van der Waals surface area contributed by atoms with E-state index in [0.29, 0.717) is 22.7 Å². The summed E-state index contributed by atoms with van der Waals surface area (Å²) in [6.45, 7) is 1.79. The van der Waals surface area contributed by atoms with E-state index in [9.17, 15) is 9.59 Å². The van der Waals surface area contributed by atoms with Gasteiger partial charge in [0.15, 0.2) is 0 Å². The quantitative estimate of drug-likeness (QED) is 0.541. The molecular weight excluding hydrogens is 340 g/mol. The lowest BCUT2D eigenvalue weighted by molar-refractivity contribution is 0.0949. The summed E-state index contributed by atoms with van der Waals surface area (Å²) in [5, 5.41) is 6.94. The fourth-order valence-electron chi connectivity index (χ4n) is 2.34. The highest BCUT2D eigenvalue weighted by Gasteiger charge is 2.07. The van der Waals surface area contributed by atoms with Crippen LogP contribution in [-0.2, 0) is 0 Å².